The average molecular weight is 405 g/mol. The predicted molar refractivity (Wildman–Crippen MR) is 101 cm³/mol. The van der Waals surface area contributed by atoms with E-state index in [2.05, 4.69) is 15.6 Å². The highest BCUT2D eigenvalue weighted by Crippen LogP contribution is 2.30. The van der Waals surface area contributed by atoms with Crippen LogP contribution < -0.4 is 10.6 Å². The fourth-order valence-corrected chi connectivity index (χ4v) is 3.77. The predicted octanol–water partition coefficient (Wildman–Crippen LogP) is 3.20. The number of hydrogen-bond donors (Lipinski definition) is 2. The van der Waals surface area contributed by atoms with Crippen molar-refractivity contribution in [3.63, 3.8) is 0 Å². The number of halogens is 2. The molecule has 1 aromatic carbocycles. The van der Waals surface area contributed by atoms with E-state index in [1.54, 1.807) is 23.1 Å². The van der Waals surface area contributed by atoms with Crippen molar-refractivity contribution < 1.29 is 14.4 Å². The molecule has 0 aliphatic carbocycles. The number of hydrogen-bond acceptors (Lipinski definition) is 4. The summed E-state index contributed by atoms with van der Waals surface area (Å²) in [5, 5.41) is 5.65. The highest BCUT2D eigenvalue weighted by molar-refractivity contribution is 6.35. The summed E-state index contributed by atoms with van der Waals surface area (Å²) in [6.07, 6.45) is 1.44. The molecule has 7 nitrogen and oxygen atoms in total. The van der Waals surface area contributed by atoms with E-state index in [1.807, 2.05) is 0 Å². The van der Waals surface area contributed by atoms with Crippen LogP contribution in [-0.4, -0.2) is 40.2 Å². The number of pyridine rings is 1. The molecule has 2 N–H and O–H groups in total. The lowest BCUT2D eigenvalue weighted by atomic mass is 10.1. The summed E-state index contributed by atoms with van der Waals surface area (Å²) in [5.74, 6) is -0.892. The molecule has 4 rings (SSSR count). The van der Waals surface area contributed by atoms with E-state index in [9.17, 15) is 14.4 Å². The fraction of sp³-hybridized carbons (Fsp3) is 0.222. The van der Waals surface area contributed by atoms with Crippen molar-refractivity contribution in [1.82, 2.24) is 9.88 Å². The largest absolute Gasteiger partial charge is 0.327 e. The van der Waals surface area contributed by atoms with Crippen molar-refractivity contribution in [3.05, 3.63) is 51.8 Å². The first-order chi connectivity index (χ1) is 12.9. The number of benzene rings is 1. The van der Waals surface area contributed by atoms with Crippen molar-refractivity contribution >= 4 is 52.3 Å². The van der Waals surface area contributed by atoms with Crippen LogP contribution in [0.3, 0.4) is 0 Å². The maximum Gasteiger partial charge on any atom is 0.258 e. The van der Waals surface area contributed by atoms with Gasteiger partial charge < -0.3 is 15.5 Å². The van der Waals surface area contributed by atoms with E-state index < -0.39 is 11.9 Å². The van der Waals surface area contributed by atoms with Crippen molar-refractivity contribution in [2.75, 3.05) is 17.2 Å². The molecule has 2 aliphatic rings. The van der Waals surface area contributed by atoms with Gasteiger partial charge in [0.1, 0.15) is 16.3 Å². The SMILES string of the molecule is O=C(Nc1ccc2c(c1)C(=O)N1CCC[C@@H]1C(=O)N2)c1ccc(Cl)nc1Cl. The van der Waals surface area contributed by atoms with E-state index in [-0.39, 0.29) is 27.7 Å². The van der Waals surface area contributed by atoms with Crippen LogP contribution in [0.1, 0.15) is 33.6 Å². The third-order valence-electron chi connectivity index (χ3n) is 4.64. The molecule has 1 aromatic heterocycles. The van der Waals surface area contributed by atoms with Crippen LogP contribution in [0.15, 0.2) is 30.3 Å². The number of fused-ring (bicyclic) bond motifs is 2. The maximum absolute atomic E-state index is 12.8. The minimum absolute atomic E-state index is 0.0157. The van der Waals surface area contributed by atoms with Gasteiger partial charge in [-0.25, -0.2) is 4.98 Å². The van der Waals surface area contributed by atoms with E-state index in [0.717, 1.165) is 6.42 Å². The molecule has 3 heterocycles. The number of nitrogens with zero attached hydrogens (tertiary/aromatic N) is 2. The Kier molecular flexibility index (Phi) is 4.49. The lowest BCUT2D eigenvalue weighted by Crippen LogP contribution is -2.40. The minimum atomic E-state index is -0.478. The summed E-state index contributed by atoms with van der Waals surface area (Å²) >= 11 is 11.7. The zero-order chi connectivity index (χ0) is 19.1. The maximum atomic E-state index is 12.8. The highest BCUT2D eigenvalue weighted by atomic mass is 35.5. The standard InChI is InChI=1S/C18H14Cl2N4O3/c19-14-6-4-10(15(20)23-14)16(25)21-9-3-5-12-11(8-9)18(27)24-7-1-2-13(24)17(26)22-12/h3-6,8,13H,1-2,7H2,(H,21,25)(H,22,26)/t13-/m1/s1. The van der Waals surface area contributed by atoms with Gasteiger partial charge in [-0.1, -0.05) is 23.2 Å². The third-order valence-corrected chi connectivity index (χ3v) is 5.14. The molecule has 1 fully saturated rings. The van der Waals surface area contributed by atoms with Gasteiger partial charge in [0.2, 0.25) is 5.91 Å². The van der Waals surface area contributed by atoms with Crippen molar-refractivity contribution in [3.8, 4) is 0 Å². The Bertz CT molecular complexity index is 979. The first-order valence-electron chi connectivity index (χ1n) is 8.33. The van der Waals surface area contributed by atoms with Crippen LogP contribution in [-0.2, 0) is 4.79 Å². The second kappa shape index (κ2) is 6.83. The quantitative estimate of drug-likeness (QED) is 0.751. The van der Waals surface area contributed by atoms with E-state index in [0.29, 0.717) is 29.9 Å². The summed E-state index contributed by atoms with van der Waals surface area (Å²) in [4.78, 5) is 43.0. The fourth-order valence-electron chi connectivity index (χ4n) is 3.34. The van der Waals surface area contributed by atoms with Gasteiger partial charge in [-0.05, 0) is 43.2 Å². The number of amides is 3. The molecule has 1 saturated heterocycles. The van der Waals surface area contributed by atoms with E-state index in [4.69, 9.17) is 23.2 Å². The number of carbonyl (C=O) groups excluding carboxylic acids is 3. The van der Waals surface area contributed by atoms with Crippen molar-refractivity contribution in [2.24, 2.45) is 0 Å². The summed E-state index contributed by atoms with van der Waals surface area (Å²) in [7, 11) is 0. The average Bonchev–Trinajstić information content (AvgIpc) is 3.09. The van der Waals surface area contributed by atoms with Gasteiger partial charge in [-0.15, -0.1) is 0 Å². The molecule has 0 radical (unpaired) electrons. The van der Waals surface area contributed by atoms with Crippen molar-refractivity contribution in [2.45, 2.75) is 18.9 Å². The Balaban J connectivity index is 1.63. The van der Waals surface area contributed by atoms with Crippen molar-refractivity contribution in [1.29, 1.82) is 0 Å². The summed E-state index contributed by atoms with van der Waals surface area (Å²) < 4.78 is 0. The number of anilines is 2. The molecule has 1 atom stereocenters. The Morgan fingerprint density at radius 2 is 2.04 bits per heavy atom. The van der Waals surface area contributed by atoms with Gasteiger partial charge in [0.25, 0.3) is 11.8 Å². The Hall–Kier alpha value is -2.64. The van der Waals surface area contributed by atoms with Gasteiger partial charge in [-0.3, -0.25) is 14.4 Å². The zero-order valence-corrected chi connectivity index (χ0v) is 15.5. The van der Waals surface area contributed by atoms with E-state index in [1.165, 1.54) is 12.1 Å². The first-order valence-corrected chi connectivity index (χ1v) is 9.09. The molecular formula is C18H14Cl2N4O3. The van der Waals surface area contributed by atoms with Gasteiger partial charge in [-0.2, -0.15) is 0 Å². The third kappa shape index (κ3) is 3.24. The summed E-state index contributed by atoms with van der Waals surface area (Å²) in [6, 6.07) is 7.25. The zero-order valence-electron chi connectivity index (χ0n) is 14.0. The number of nitrogens with one attached hydrogen (secondary N) is 2. The summed E-state index contributed by atoms with van der Waals surface area (Å²) in [6.45, 7) is 0.541. The molecule has 0 saturated carbocycles. The normalized spacial score (nSPS) is 18.4. The highest BCUT2D eigenvalue weighted by Gasteiger charge is 2.38. The smallest absolute Gasteiger partial charge is 0.258 e. The van der Waals surface area contributed by atoms with Crippen LogP contribution in [0.25, 0.3) is 0 Å². The number of aromatic nitrogens is 1. The Labute approximate surface area is 164 Å². The monoisotopic (exact) mass is 404 g/mol. The Morgan fingerprint density at radius 3 is 2.81 bits per heavy atom. The molecule has 0 unspecified atom stereocenters. The minimum Gasteiger partial charge on any atom is -0.327 e. The molecule has 2 aromatic rings. The van der Waals surface area contributed by atoms with Gasteiger partial charge in [0, 0.05) is 12.2 Å². The second-order valence-electron chi connectivity index (χ2n) is 6.33. The molecule has 138 valence electrons. The van der Waals surface area contributed by atoms with Gasteiger partial charge in [0.05, 0.1) is 16.8 Å². The molecule has 27 heavy (non-hydrogen) atoms. The van der Waals surface area contributed by atoms with E-state index >= 15 is 0 Å². The molecule has 2 aliphatic heterocycles. The lowest BCUT2D eigenvalue weighted by molar-refractivity contribution is -0.119. The van der Waals surface area contributed by atoms with Crippen LogP contribution >= 0.6 is 23.2 Å². The van der Waals surface area contributed by atoms with Crippen LogP contribution in [0.5, 0.6) is 0 Å². The topological polar surface area (TPSA) is 91.4 Å². The van der Waals surface area contributed by atoms with Crippen LogP contribution in [0, 0.1) is 0 Å². The van der Waals surface area contributed by atoms with Crippen LogP contribution in [0.2, 0.25) is 10.3 Å². The molecule has 0 bridgehead atoms. The van der Waals surface area contributed by atoms with Gasteiger partial charge >= 0.3 is 0 Å². The molecular weight excluding hydrogens is 391 g/mol. The lowest BCUT2D eigenvalue weighted by Gasteiger charge is -2.20. The number of carbonyl (C=O) groups is 3. The summed E-state index contributed by atoms with van der Waals surface area (Å²) in [5.41, 5.74) is 1.34. The number of rotatable bonds is 2. The van der Waals surface area contributed by atoms with Crippen LogP contribution in [0.4, 0.5) is 11.4 Å². The molecule has 0 spiro atoms. The first kappa shape index (κ1) is 17.8. The molecule has 9 heteroatoms. The second-order valence-corrected chi connectivity index (χ2v) is 7.08. The van der Waals surface area contributed by atoms with Gasteiger partial charge in [0.15, 0.2) is 0 Å². The molecule has 3 amide bonds. The Morgan fingerprint density at radius 1 is 1.22 bits per heavy atom.